The highest BCUT2D eigenvalue weighted by atomic mass is 16.2. The second kappa shape index (κ2) is 6.27. The van der Waals surface area contributed by atoms with Crippen molar-refractivity contribution >= 4 is 11.9 Å². The molecular formula is C22H24N2O2. The molecule has 2 aromatic rings. The second-order valence-corrected chi connectivity index (χ2v) is 7.52. The maximum Gasteiger partial charge on any atom is 0.325 e. The minimum atomic E-state index is -0.901. The van der Waals surface area contributed by atoms with Gasteiger partial charge in [0.25, 0.3) is 5.91 Å². The van der Waals surface area contributed by atoms with Gasteiger partial charge in [0.1, 0.15) is 5.54 Å². The van der Waals surface area contributed by atoms with Gasteiger partial charge in [-0.15, -0.1) is 0 Å². The van der Waals surface area contributed by atoms with Gasteiger partial charge in [0, 0.05) is 0 Å². The quantitative estimate of drug-likeness (QED) is 0.835. The fourth-order valence-electron chi connectivity index (χ4n) is 4.26. The van der Waals surface area contributed by atoms with Crippen LogP contribution in [0.5, 0.6) is 0 Å². The molecule has 0 aromatic heterocycles. The monoisotopic (exact) mass is 348 g/mol. The maximum absolute atomic E-state index is 13.5. The van der Waals surface area contributed by atoms with E-state index >= 15 is 0 Å². The van der Waals surface area contributed by atoms with Crippen molar-refractivity contribution in [3.05, 3.63) is 70.3 Å². The zero-order valence-electron chi connectivity index (χ0n) is 15.3. The number of fused-ring (bicyclic) bond motifs is 2. The molecule has 1 fully saturated rings. The molecule has 4 nitrogen and oxygen atoms in total. The van der Waals surface area contributed by atoms with E-state index in [2.05, 4.69) is 17.4 Å². The highest BCUT2D eigenvalue weighted by molar-refractivity contribution is 6.07. The third kappa shape index (κ3) is 2.61. The number of nitrogens with zero attached hydrogens (tertiary/aromatic N) is 1. The molecule has 1 spiro atoms. The topological polar surface area (TPSA) is 49.4 Å². The average molecular weight is 348 g/mol. The van der Waals surface area contributed by atoms with Crippen LogP contribution in [0, 0.1) is 13.8 Å². The molecule has 4 rings (SSSR count). The molecule has 1 atom stereocenters. The van der Waals surface area contributed by atoms with Crippen molar-refractivity contribution < 1.29 is 9.59 Å². The van der Waals surface area contributed by atoms with Crippen molar-refractivity contribution in [2.45, 2.75) is 51.6 Å². The Morgan fingerprint density at radius 3 is 2.73 bits per heavy atom. The number of hydrogen-bond acceptors (Lipinski definition) is 2. The first-order valence-electron chi connectivity index (χ1n) is 9.30. The van der Waals surface area contributed by atoms with Crippen molar-refractivity contribution in [2.75, 3.05) is 0 Å². The number of aryl methyl sites for hydroxylation is 3. The molecule has 1 aliphatic carbocycles. The van der Waals surface area contributed by atoms with Crippen LogP contribution in [-0.4, -0.2) is 16.8 Å². The molecule has 3 amide bonds. The molecule has 2 aromatic carbocycles. The number of amides is 3. The first-order chi connectivity index (χ1) is 12.5. The van der Waals surface area contributed by atoms with Gasteiger partial charge in [0.15, 0.2) is 0 Å². The predicted octanol–water partition coefficient (Wildman–Crippen LogP) is 3.98. The lowest BCUT2D eigenvalue weighted by Gasteiger charge is -2.27. The fraction of sp³-hybridized carbons (Fsp3) is 0.364. The van der Waals surface area contributed by atoms with Gasteiger partial charge in [-0.05, 0) is 61.8 Å². The molecule has 0 bridgehead atoms. The van der Waals surface area contributed by atoms with Crippen LogP contribution in [0.25, 0.3) is 0 Å². The summed E-state index contributed by atoms with van der Waals surface area (Å²) in [5.74, 6) is -0.113. The van der Waals surface area contributed by atoms with Crippen LogP contribution in [-0.2, 0) is 23.3 Å². The van der Waals surface area contributed by atoms with Crippen molar-refractivity contribution in [1.29, 1.82) is 0 Å². The van der Waals surface area contributed by atoms with E-state index in [4.69, 9.17) is 0 Å². The average Bonchev–Trinajstić information content (AvgIpc) is 2.78. The lowest BCUT2D eigenvalue weighted by Crippen LogP contribution is -2.44. The molecule has 1 N–H and O–H groups in total. The van der Waals surface area contributed by atoms with Crippen LogP contribution < -0.4 is 5.32 Å². The van der Waals surface area contributed by atoms with Gasteiger partial charge in [-0.1, -0.05) is 48.0 Å². The Bertz CT molecular complexity index is 889. The summed E-state index contributed by atoms with van der Waals surface area (Å²) in [6, 6.07) is 13.9. The van der Waals surface area contributed by atoms with Gasteiger partial charge in [0.05, 0.1) is 6.54 Å². The molecule has 4 heteroatoms. The molecule has 1 heterocycles. The van der Waals surface area contributed by atoms with E-state index in [1.165, 1.54) is 10.5 Å². The van der Waals surface area contributed by atoms with Gasteiger partial charge in [-0.25, -0.2) is 4.79 Å². The Morgan fingerprint density at radius 2 is 1.88 bits per heavy atom. The second-order valence-electron chi connectivity index (χ2n) is 7.52. The van der Waals surface area contributed by atoms with Crippen LogP contribution in [0.4, 0.5) is 4.79 Å². The third-order valence-corrected chi connectivity index (χ3v) is 5.73. The number of carbonyl (C=O) groups excluding carboxylic acids is 2. The first kappa shape index (κ1) is 16.8. The number of carbonyl (C=O) groups is 2. The Morgan fingerprint density at radius 1 is 1.08 bits per heavy atom. The van der Waals surface area contributed by atoms with E-state index in [1.807, 2.05) is 44.2 Å². The summed E-state index contributed by atoms with van der Waals surface area (Å²) >= 11 is 0. The lowest BCUT2D eigenvalue weighted by molar-refractivity contribution is -0.132. The summed E-state index contributed by atoms with van der Waals surface area (Å²) in [7, 11) is 0. The lowest BCUT2D eigenvalue weighted by atomic mass is 9.84. The van der Waals surface area contributed by atoms with E-state index in [9.17, 15) is 9.59 Å². The number of imide groups is 1. The normalized spacial score (nSPS) is 22.3. The van der Waals surface area contributed by atoms with Crippen molar-refractivity contribution in [2.24, 2.45) is 0 Å². The third-order valence-electron chi connectivity index (χ3n) is 5.73. The van der Waals surface area contributed by atoms with Crippen molar-refractivity contribution in [3.8, 4) is 0 Å². The number of hydrogen-bond donors (Lipinski definition) is 1. The maximum atomic E-state index is 13.5. The molecule has 0 radical (unpaired) electrons. The minimum absolute atomic E-state index is 0.113. The van der Waals surface area contributed by atoms with E-state index in [0.717, 1.165) is 41.5 Å². The first-order valence-corrected chi connectivity index (χ1v) is 9.30. The van der Waals surface area contributed by atoms with Crippen LogP contribution in [0.1, 0.15) is 47.1 Å². The number of urea groups is 1. The van der Waals surface area contributed by atoms with E-state index in [1.54, 1.807) is 0 Å². The van der Waals surface area contributed by atoms with Crippen molar-refractivity contribution in [3.63, 3.8) is 0 Å². The summed E-state index contributed by atoms with van der Waals surface area (Å²) in [4.78, 5) is 27.6. The zero-order chi connectivity index (χ0) is 18.3. The molecule has 1 saturated heterocycles. The summed E-state index contributed by atoms with van der Waals surface area (Å²) in [5, 5.41) is 3.06. The zero-order valence-corrected chi connectivity index (χ0v) is 15.3. The van der Waals surface area contributed by atoms with Gasteiger partial charge >= 0.3 is 6.03 Å². The summed E-state index contributed by atoms with van der Waals surface area (Å²) < 4.78 is 0. The Labute approximate surface area is 154 Å². The van der Waals surface area contributed by atoms with Crippen LogP contribution >= 0.6 is 0 Å². The highest BCUT2D eigenvalue weighted by Crippen LogP contribution is 2.39. The molecular weight excluding hydrogens is 324 g/mol. The molecule has 134 valence electrons. The summed E-state index contributed by atoms with van der Waals surface area (Å²) in [6.07, 6.45) is 3.59. The molecule has 0 saturated carbocycles. The Balaban J connectivity index is 1.73. The molecule has 1 aliphatic heterocycles. The van der Waals surface area contributed by atoms with Gasteiger partial charge in [-0.2, -0.15) is 0 Å². The number of rotatable bonds is 2. The van der Waals surface area contributed by atoms with Gasteiger partial charge in [0.2, 0.25) is 0 Å². The van der Waals surface area contributed by atoms with Crippen LogP contribution in [0.3, 0.4) is 0 Å². The van der Waals surface area contributed by atoms with E-state index < -0.39 is 5.54 Å². The predicted molar refractivity (Wildman–Crippen MR) is 101 cm³/mol. The minimum Gasteiger partial charge on any atom is -0.319 e. The fourth-order valence-corrected chi connectivity index (χ4v) is 4.26. The molecule has 2 aliphatic rings. The number of nitrogens with one attached hydrogen (secondary N) is 1. The van der Waals surface area contributed by atoms with E-state index in [-0.39, 0.29) is 11.9 Å². The standard InChI is InChI=1S/C22H24N2O2/c1-15-10-11-16(2)18(13-15)14-24-20(25)22(23-21(24)26)12-6-5-8-17-7-3-4-9-19(17)22/h3-4,7,9-11,13H,5-6,8,12,14H2,1-2H3,(H,23,26)/t22-/m1/s1. The highest BCUT2D eigenvalue weighted by Gasteiger charge is 2.53. The van der Waals surface area contributed by atoms with Crippen LogP contribution in [0.2, 0.25) is 0 Å². The van der Waals surface area contributed by atoms with E-state index in [0.29, 0.717) is 13.0 Å². The SMILES string of the molecule is Cc1ccc(C)c(CN2C(=O)N[C@@]3(CCCCc4ccccc43)C2=O)c1. The Kier molecular flexibility index (Phi) is 4.06. The number of benzene rings is 2. The molecule has 26 heavy (non-hydrogen) atoms. The smallest absolute Gasteiger partial charge is 0.319 e. The molecule has 0 unspecified atom stereocenters. The van der Waals surface area contributed by atoms with Crippen molar-refractivity contribution in [1.82, 2.24) is 10.2 Å². The summed E-state index contributed by atoms with van der Waals surface area (Å²) in [5.41, 5.74) is 4.49. The van der Waals surface area contributed by atoms with Gasteiger partial charge in [-0.3, -0.25) is 9.69 Å². The van der Waals surface area contributed by atoms with Gasteiger partial charge < -0.3 is 5.32 Å². The van der Waals surface area contributed by atoms with Crippen LogP contribution in [0.15, 0.2) is 42.5 Å². The summed E-state index contributed by atoms with van der Waals surface area (Å²) in [6.45, 7) is 4.36. The largest absolute Gasteiger partial charge is 0.325 e. The Hall–Kier alpha value is -2.62.